The number of halogens is 1. The molecule has 0 radical (unpaired) electrons. The van der Waals surface area contributed by atoms with Crippen molar-refractivity contribution in [3.63, 3.8) is 0 Å². The minimum atomic E-state index is 0.00296. The van der Waals surface area contributed by atoms with Crippen molar-refractivity contribution in [3.05, 3.63) is 34.3 Å². The highest BCUT2D eigenvalue weighted by Gasteiger charge is 2.17. The first-order valence-electron chi connectivity index (χ1n) is 5.00. The highest BCUT2D eigenvalue weighted by atomic mass is 79.9. The molecule has 1 saturated heterocycles. The standard InChI is InChI=1S/C11H13BrN2O/c12-10-3-1-2-9(4-10)11(15)14-7-8-5-13-6-8/h1-4,8,13H,5-7H2,(H,14,15). The maximum absolute atomic E-state index is 11.7. The third-order valence-corrected chi connectivity index (χ3v) is 3.00. The number of hydrogen-bond donors (Lipinski definition) is 2. The van der Waals surface area contributed by atoms with Crippen molar-refractivity contribution in [2.24, 2.45) is 5.92 Å². The van der Waals surface area contributed by atoms with Gasteiger partial charge in [-0.05, 0) is 18.2 Å². The summed E-state index contributed by atoms with van der Waals surface area (Å²) in [6, 6.07) is 7.42. The van der Waals surface area contributed by atoms with Crippen LogP contribution < -0.4 is 10.6 Å². The number of benzene rings is 1. The Bertz CT molecular complexity index is 363. The lowest BCUT2D eigenvalue weighted by molar-refractivity contribution is 0.0942. The van der Waals surface area contributed by atoms with E-state index in [4.69, 9.17) is 0 Å². The second kappa shape index (κ2) is 4.77. The number of carbonyl (C=O) groups excluding carboxylic acids is 1. The van der Waals surface area contributed by atoms with Gasteiger partial charge in [-0.2, -0.15) is 0 Å². The van der Waals surface area contributed by atoms with Crippen molar-refractivity contribution in [2.45, 2.75) is 0 Å². The zero-order valence-corrected chi connectivity index (χ0v) is 9.88. The Kier molecular flexibility index (Phi) is 3.38. The van der Waals surface area contributed by atoms with E-state index in [0.717, 1.165) is 24.1 Å². The second-order valence-corrected chi connectivity index (χ2v) is 4.66. The van der Waals surface area contributed by atoms with E-state index in [1.54, 1.807) is 0 Å². The SMILES string of the molecule is O=C(NCC1CNC1)c1cccc(Br)c1. The number of amides is 1. The van der Waals surface area contributed by atoms with Gasteiger partial charge in [0.2, 0.25) is 0 Å². The molecule has 1 aliphatic heterocycles. The van der Waals surface area contributed by atoms with Crippen molar-refractivity contribution in [2.75, 3.05) is 19.6 Å². The highest BCUT2D eigenvalue weighted by molar-refractivity contribution is 9.10. The zero-order valence-electron chi connectivity index (χ0n) is 8.29. The van der Waals surface area contributed by atoms with Crippen LogP contribution in [0.25, 0.3) is 0 Å². The molecule has 3 nitrogen and oxygen atoms in total. The summed E-state index contributed by atoms with van der Waals surface area (Å²) in [4.78, 5) is 11.7. The molecule has 15 heavy (non-hydrogen) atoms. The van der Waals surface area contributed by atoms with Crippen LogP contribution in [0.1, 0.15) is 10.4 Å². The third kappa shape index (κ3) is 2.79. The highest BCUT2D eigenvalue weighted by Crippen LogP contribution is 2.11. The van der Waals surface area contributed by atoms with E-state index in [0.29, 0.717) is 11.5 Å². The molecule has 2 N–H and O–H groups in total. The molecule has 0 saturated carbocycles. The lowest BCUT2D eigenvalue weighted by Crippen LogP contribution is -2.48. The van der Waals surface area contributed by atoms with Crippen LogP contribution in [0.15, 0.2) is 28.7 Å². The summed E-state index contributed by atoms with van der Waals surface area (Å²) >= 11 is 3.35. The zero-order chi connectivity index (χ0) is 10.7. The second-order valence-electron chi connectivity index (χ2n) is 3.74. The van der Waals surface area contributed by atoms with Gasteiger partial charge in [0.05, 0.1) is 0 Å². The first-order valence-corrected chi connectivity index (χ1v) is 5.79. The first-order chi connectivity index (χ1) is 7.25. The van der Waals surface area contributed by atoms with E-state index >= 15 is 0 Å². The molecule has 0 atom stereocenters. The van der Waals surface area contributed by atoms with Gasteiger partial charge in [0.15, 0.2) is 0 Å². The summed E-state index contributed by atoms with van der Waals surface area (Å²) in [5, 5.41) is 6.10. The molecular weight excluding hydrogens is 256 g/mol. The minimum absolute atomic E-state index is 0.00296. The van der Waals surface area contributed by atoms with Crippen LogP contribution in [0.4, 0.5) is 0 Å². The fraction of sp³-hybridized carbons (Fsp3) is 0.364. The molecular formula is C11H13BrN2O. The van der Waals surface area contributed by atoms with E-state index in [2.05, 4.69) is 26.6 Å². The number of hydrogen-bond acceptors (Lipinski definition) is 2. The van der Waals surface area contributed by atoms with Gasteiger partial charge in [-0.25, -0.2) is 0 Å². The van der Waals surface area contributed by atoms with Gasteiger partial charge in [-0.15, -0.1) is 0 Å². The van der Waals surface area contributed by atoms with Crippen LogP contribution >= 0.6 is 15.9 Å². The molecule has 4 heteroatoms. The monoisotopic (exact) mass is 268 g/mol. The molecule has 80 valence electrons. The van der Waals surface area contributed by atoms with E-state index in [1.807, 2.05) is 24.3 Å². The van der Waals surface area contributed by atoms with Gasteiger partial charge < -0.3 is 10.6 Å². The van der Waals surface area contributed by atoms with Crippen LogP contribution in [-0.2, 0) is 0 Å². The normalized spacial score (nSPS) is 15.8. The van der Waals surface area contributed by atoms with E-state index in [-0.39, 0.29) is 5.91 Å². The van der Waals surface area contributed by atoms with Crippen LogP contribution in [0, 0.1) is 5.92 Å². The van der Waals surface area contributed by atoms with Crippen LogP contribution in [-0.4, -0.2) is 25.5 Å². The van der Waals surface area contributed by atoms with Crippen molar-refractivity contribution >= 4 is 21.8 Å². The van der Waals surface area contributed by atoms with Crippen LogP contribution in [0.2, 0.25) is 0 Å². The Morgan fingerprint density at radius 1 is 1.53 bits per heavy atom. The summed E-state index contributed by atoms with van der Waals surface area (Å²) in [6.07, 6.45) is 0. The Labute approximate surface area is 97.4 Å². The molecule has 0 spiro atoms. The van der Waals surface area contributed by atoms with Crippen molar-refractivity contribution in [3.8, 4) is 0 Å². The van der Waals surface area contributed by atoms with E-state index < -0.39 is 0 Å². The fourth-order valence-corrected chi connectivity index (χ4v) is 1.86. The van der Waals surface area contributed by atoms with Crippen molar-refractivity contribution in [1.29, 1.82) is 0 Å². The molecule has 1 aromatic carbocycles. The number of rotatable bonds is 3. The molecule has 1 aliphatic rings. The average molecular weight is 269 g/mol. The lowest BCUT2D eigenvalue weighted by atomic mass is 10.0. The molecule has 1 aromatic rings. The topological polar surface area (TPSA) is 41.1 Å². The van der Waals surface area contributed by atoms with E-state index in [9.17, 15) is 4.79 Å². The summed E-state index contributed by atoms with van der Waals surface area (Å²) < 4.78 is 0.931. The molecule has 0 aromatic heterocycles. The summed E-state index contributed by atoms with van der Waals surface area (Å²) in [6.45, 7) is 2.79. The predicted molar refractivity (Wildman–Crippen MR) is 62.8 cm³/mol. The molecule has 1 heterocycles. The molecule has 1 fully saturated rings. The fourth-order valence-electron chi connectivity index (χ4n) is 1.46. The maximum Gasteiger partial charge on any atom is 0.251 e. The largest absolute Gasteiger partial charge is 0.352 e. The van der Waals surface area contributed by atoms with Gasteiger partial charge >= 0.3 is 0 Å². The lowest BCUT2D eigenvalue weighted by Gasteiger charge is -2.27. The first kappa shape index (κ1) is 10.6. The van der Waals surface area contributed by atoms with Gasteiger partial charge in [-0.3, -0.25) is 4.79 Å². The summed E-state index contributed by atoms with van der Waals surface area (Å²) in [5.74, 6) is 0.601. The smallest absolute Gasteiger partial charge is 0.251 e. The van der Waals surface area contributed by atoms with E-state index in [1.165, 1.54) is 0 Å². The minimum Gasteiger partial charge on any atom is -0.352 e. The van der Waals surface area contributed by atoms with Crippen LogP contribution in [0.5, 0.6) is 0 Å². The number of nitrogens with one attached hydrogen (secondary N) is 2. The maximum atomic E-state index is 11.7. The Morgan fingerprint density at radius 3 is 2.93 bits per heavy atom. The molecule has 0 aliphatic carbocycles. The van der Waals surface area contributed by atoms with Crippen molar-refractivity contribution < 1.29 is 4.79 Å². The quantitative estimate of drug-likeness (QED) is 0.870. The molecule has 0 bridgehead atoms. The Balaban J connectivity index is 1.89. The Morgan fingerprint density at radius 2 is 2.33 bits per heavy atom. The Hall–Kier alpha value is -0.870. The van der Waals surface area contributed by atoms with Crippen molar-refractivity contribution in [1.82, 2.24) is 10.6 Å². The molecule has 1 amide bonds. The third-order valence-electron chi connectivity index (χ3n) is 2.50. The molecule has 0 unspecified atom stereocenters. The van der Waals surface area contributed by atoms with Gasteiger partial charge in [0, 0.05) is 35.6 Å². The van der Waals surface area contributed by atoms with Crippen LogP contribution in [0.3, 0.4) is 0 Å². The van der Waals surface area contributed by atoms with Gasteiger partial charge in [0.25, 0.3) is 5.91 Å². The predicted octanol–water partition coefficient (Wildman–Crippen LogP) is 1.40. The van der Waals surface area contributed by atoms with Gasteiger partial charge in [0.1, 0.15) is 0 Å². The number of carbonyl (C=O) groups is 1. The summed E-state index contributed by atoms with van der Waals surface area (Å²) in [5.41, 5.74) is 0.705. The summed E-state index contributed by atoms with van der Waals surface area (Å²) in [7, 11) is 0. The van der Waals surface area contributed by atoms with Gasteiger partial charge in [-0.1, -0.05) is 22.0 Å². The molecule has 2 rings (SSSR count). The average Bonchev–Trinajstić information content (AvgIpc) is 2.15.